The highest BCUT2D eigenvalue weighted by Crippen LogP contribution is 2.36. The number of hydrogen-bond donors (Lipinski definition) is 1. The summed E-state index contributed by atoms with van der Waals surface area (Å²) >= 11 is 1.25. The van der Waals surface area contributed by atoms with E-state index in [1.807, 2.05) is 45.0 Å². The minimum absolute atomic E-state index is 0.175. The second kappa shape index (κ2) is 13.7. The van der Waals surface area contributed by atoms with Gasteiger partial charge in [-0.3, -0.25) is 14.5 Å². The number of nitrogens with one attached hydrogen (secondary N) is 1. The number of methoxy groups -OCH3 is 1. The third-order valence-electron chi connectivity index (χ3n) is 5.96. The standard InChI is InChI=1S/C31H31N3O6S/c1-5-34-29(36)27(41-31(34)33-24-9-7-8-22(18-24)30(37)38-4)17-21-12-15-25(26(16-21)39-6-2)40-19-28(35)32-23-13-10-20(3)11-14-23/h7-18H,5-6,19H2,1-4H3,(H,32,35). The molecule has 1 aliphatic heterocycles. The lowest BCUT2D eigenvalue weighted by atomic mass is 10.2. The van der Waals surface area contributed by atoms with Crippen LogP contribution in [0.4, 0.5) is 11.4 Å². The summed E-state index contributed by atoms with van der Waals surface area (Å²) in [7, 11) is 1.32. The second-order valence-electron chi connectivity index (χ2n) is 8.94. The van der Waals surface area contributed by atoms with E-state index in [0.29, 0.717) is 51.7 Å². The molecule has 1 N–H and O–H groups in total. The molecule has 3 aromatic rings. The van der Waals surface area contributed by atoms with Gasteiger partial charge in [-0.15, -0.1) is 0 Å². The first-order valence-electron chi connectivity index (χ1n) is 13.1. The van der Waals surface area contributed by atoms with Gasteiger partial charge in [0.1, 0.15) is 0 Å². The fraction of sp³-hybridized carbons (Fsp3) is 0.226. The van der Waals surface area contributed by atoms with Gasteiger partial charge >= 0.3 is 5.97 Å². The zero-order valence-electron chi connectivity index (χ0n) is 23.3. The summed E-state index contributed by atoms with van der Waals surface area (Å²) < 4.78 is 16.3. The number of amides is 2. The van der Waals surface area contributed by atoms with Crippen LogP contribution in [-0.2, 0) is 14.3 Å². The molecule has 3 aromatic carbocycles. The molecule has 212 valence electrons. The highest BCUT2D eigenvalue weighted by Gasteiger charge is 2.32. The first-order chi connectivity index (χ1) is 19.8. The third-order valence-corrected chi connectivity index (χ3v) is 6.96. The van der Waals surface area contributed by atoms with E-state index in [0.717, 1.165) is 11.1 Å². The van der Waals surface area contributed by atoms with Crippen molar-refractivity contribution in [2.75, 3.05) is 32.2 Å². The monoisotopic (exact) mass is 573 g/mol. The number of esters is 1. The van der Waals surface area contributed by atoms with Crippen LogP contribution in [0.1, 0.15) is 35.3 Å². The van der Waals surface area contributed by atoms with E-state index < -0.39 is 5.97 Å². The summed E-state index contributed by atoms with van der Waals surface area (Å²) in [6.07, 6.45) is 1.76. The predicted octanol–water partition coefficient (Wildman–Crippen LogP) is 5.82. The molecule has 0 saturated carbocycles. The molecule has 2 amide bonds. The number of anilines is 1. The molecule has 0 atom stereocenters. The lowest BCUT2D eigenvalue weighted by Gasteiger charge is -2.13. The van der Waals surface area contributed by atoms with Crippen molar-refractivity contribution < 1.29 is 28.6 Å². The molecule has 0 aliphatic carbocycles. The van der Waals surface area contributed by atoms with Crippen LogP contribution in [0.25, 0.3) is 6.08 Å². The van der Waals surface area contributed by atoms with Crippen LogP contribution in [0, 0.1) is 6.92 Å². The van der Waals surface area contributed by atoms with Gasteiger partial charge in [-0.1, -0.05) is 29.8 Å². The maximum absolute atomic E-state index is 13.2. The molecule has 41 heavy (non-hydrogen) atoms. The van der Waals surface area contributed by atoms with Crippen molar-refractivity contribution in [1.82, 2.24) is 4.90 Å². The number of amidine groups is 1. The van der Waals surface area contributed by atoms with Crippen LogP contribution < -0.4 is 14.8 Å². The zero-order chi connectivity index (χ0) is 29.4. The van der Waals surface area contributed by atoms with Gasteiger partial charge in [0.25, 0.3) is 11.8 Å². The number of aryl methyl sites for hydroxylation is 1. The fourth-order valence-electron chi connectivity index (χ4n) is 3.93. The van der Waals surface area contributed by atoms with Crippen LogP contribution in [-0.4, -0.2) is 54.7 Å². The topological polar surface area (TPSA) is 107 Å². The number of thioether (sulfide) groups is 1. The number of rotatable bonds is 10. The highest BCUT2D eigenvalue weighted by atomic mass is 32.2. The maximum atomic E-state index is 13.2. The van der Waals surface area contributed by atoms with E-state index in [1.54, 1.807) is 53.4 Å². The summed E-state index contributed by atoms with van der Waals surface area (Å²) in [5.74, 6) is -0.0484. The number of aliphatic imine (C=N–C) groups is 1. The fourth-order valence-corrected chi connectivity index (χ4v) is 4.99. The third kappa shape index (κ3) is 7.55. The Bertz CT molecular complexity index is 1500. The minimum Gasteiger partial charge on any atom is -0.490 e. The van der Waals surface area contributed by atoms with Gasteiger partial charge in [-0.25, -0.2) is 9.79 Å². The molecule has 4 rings (SSSR count). The molecule has 1 fully saturated rings. The van der Waals surface area contributed by atoms with E-state index in [4.69, 9.17) is 14.2 Å². The van der Waals surface area contributed by atoms with Crippen molar-refractivity contribution in [2.45, 2.75) is 20.8 Å². The summed E-state index contributed by atoms with van der Waals surface area (Å²) in [5.41, 5.74) is 3.43. The highest BCUT2D eigenvalue weighted by molar-refractivity contribution is 8.18. The summed E-state index contributed by atoms with van der Waals surface area (Å²) in [4.78, 5) is 44.2. The normalized spacial score (nSPS) is 14.8. The molecule has 1 heterocycles. The molecule has 0 bridgehead atoms. The van der Waals surface area contributed by atoms with Crippen LogP contribution >= 0.6 is 11.8 Å². The molecule has 1 saturated heterocycles. The first kappa shape index (κ1) is 29.4. The number of carbonyl (C=O) groups excluding carboxylic acids is 3. The van der Waals surface area contributed by atoms with E-state index in [-0.39, 0.29) is 18.4 Å². The number of nitrogens with zero attached hydrogens (tertiary/aromatic N) is 2. The van der Waals surface area contributed by atoms with Crippen molar-refractivity contribution >= 4 is 52.2 Å². The van der Waals surface area contributed by atoms with Crippen LogP contribution in [0.15, 0.2) is 76.6 Å². The van der Waals surface area contributed by atoms with Crippen LogP contribution in [0.2, 0.25) is 0 Å². The van der Waals surface area contributed by atoms with E-state index in [1.165, 1.54) is 18.9 Å². The molecule has 0 radical (unpaired) electrons. The predicted molar refractivity (Wildman–Crippen MR) is 161 cm³/mol. The van der Waals surface area contributed by atoms with Crippen molar-refractivity contribution in [3.8, 4) is 11.5 Å². The Balaban J connectivity index is 1.50. The number of carbonyl (C=O) groups is 3. The molecule has 1 aliphatic rings. The Morgan fingerprint density at radius 2 is 1.78 bits per heavy atom. The Morgan fingerprint density at radius 1 is 1.00 bits per heavy atom. The Kier molecular flexibility index (Phi) is 9.81. The van der Waals surface area contributed by atoms with Gasteiger partial charge in [0, 0.05) is 12.2 Å². The largest absolute Gasteiger partial charge is 0.490 e. The Labute approximate surface area is 243 Å². The summed E-state index contributed by atoms with van der Waals surface area (Å²) in [5, 5.41) is 3.31. The van der Waals surface area contributed by atoms with Gasteiger partial charge in [0.05, 0.1) is 29.9 Å². The molecule has 0 aromatic heterocycles. The number of likely N-dealkylation sites (N-methyl/N-ethyl adjacent to an activating group) is 1. The number of hydrogen-bond acceptors (Lipinski definition) is 8. The quantitative estimate of drug-likeness (QED) is 0.241. The average Bonchev–Trinajstić information content (AvgIpc) is 3.26. The van der Waals surface area contributed by atoms with E-state index in [9.17, 15) is 14.4 Å². The summed E-state index contributed by atoms with van der Waals surface area (Å²) in [6, 6.07) is 19.5. The van der Waals surface area contributed by atoms with Crippen LogP contribution in [0.3, 0.4) is 0 Å². The lowest BCUT2D eigenvalue weighted by molar-refractivity contribution is -0.122. The molecular formula is C31H31N3O6S. The van der Waals surface area contributed by atoms with Gasteiger partial charge in [0.2, 0.25) is 0 Å². The van der Waals surface area contributed by atoms with Crippen LogP contribution in [0.5, 0.6) is 11.5 Å². The summed E-state index contributed by atoms with van der Waals surface area (Å²) in [6.45, 7) is 6.34. The molecule has 9 nitrogen and oxygen atoms in total. The first-order valence-corrected chi connectivity index (χ1v) is 13.9. The van der Waals surface area contributed by atoms with Gasteiger partial charge in [0.15, 0.2) is 23.3 Å². The van der Waals surface area contributed by atoms with E-state index in [2.05, 4.69) is 10.3 Å². The Morgan fingerprint density at radius 3 is 2.49 bits per heavy atom. The number of benzene rings is 3. The SMILES string of the molecule is CCOc1cc(C=C2SC(=Nc3cccc(C(=O)OC)c3)N(CC)C2=O)ccc1OCC(=O)Nc1ccc(C)cc1. The minimum atomic E-state index is -0.459. The van der Waals surface area contributed by atoms with Crippen molar-refractivity contribution in [3.63, 3.8) is 0 Å². The second-order valence-corrected chi connectivity index (χ2v) is 9.95. The Hall–Kier alpha value is -4.57. The molecule has 0 unspecified atom stereocenters. The van der Waals surface area contributed by atoms with Gasteiger partial charge < -0.3 is 19.5 Å². The van der Waals surface area contributed by atoms with Crippen molar-refractivity contribution in [3.05, 3.63) is 88.3 Å². The van der Waals surface area contributed by atoms with Gasteiger partial charge in [-0.05, 0) is 86.6 Å². The van der Waals surface area contributed by atoms with Crippen molar-refractivity contribution in [1.29, 1.82) is 0 Å². The van der Waals surface area contributed by atoms with Crippen molar-refractivity contribution in [2.24, 2.45) is 4.99 Å². The van der Waals surface area contributed by atoms with Gasteiger partial charge in [-0.2, -0.15) is 0 Å². The molecule has 0 spiro atoms. The lowest BCUT2D eigenvalue weighted by Crippen LogP contribution is -2.28. The number of ether oxygens (including phenoxy) is 3. The average molecular weight is 574 g/mol. The zero-order valence-corrected chi connectivity index (χ0v) is 24.1. The maximum Gasteiger partial charge on any atom is 0.337 e. The molecule has 10 heteroatoms. The smallest absolute Gasteiger partial charge is 0.337 e. The molecular weight excluding hydrogens is 542 g/mol. The van der Waals surface area contributed by atoms with E-state index >= 15 is 0 Å².